The molecule has 116 valence electrons. The van der Waals surface area contributed by atoms with Crippen molar-refractivity contribution >= 4 is 11.8 Å². The van der Waals surface area contributed by atoms with E-state index in [1.54, 1.807) is 6.92 Å². The molecule has 2 fully saturated rings. The second-order valence-electron chi connectivity index (χ2n) is 5.01. The van der Waals surface area contributed by atoms with E-state index in [-0.39, 0.29) is 26.1 Å². The summed E-state index contributed by atoms with van der Waals surface area (Å²) >= 11 is 0. The van der Waals surface area contributed by atoms with E-state index in [9.17, 15) is 19.7 Å². The van der Waals surface area contributed by atoms with Crippen LogP contribution in [0.15, 0.2) is 12.7 Å². The maximum absolute atomic E-state index is 12.3. The average Bonchev–Trinajstić information content (AvgIpc) is 2.86. The van der Waals surface area contributed by atoms with Crippen LogP contribution < -0.4 is 0 Å². The first kappa shape index (κ1) is 15.6. The summed E-state index contributed by atoms with van der Waals surface area (Å²) in [4.78, 5) is 35.1. The molecule has 2 aliphatic heterocycles. The molecule has 2 heterocycles. The third-order valence-corrected chi connectivity index (χ3v) is 3.87. The summed E-state index contributed by atoms with van der Waals surface area (Å²) in [5.41, 5.74) is -2.07. The largest absolute Gasteiger partial charge is 0.461 e. The first-order valence-electron chi connectivity index (χ1n) is 6.69. The van der Waals surface area contributed by atoms with E-state index in [1.807, 2.05) is 0 Å². The lowest BCUT2D eigenvalue weighted by Gasteiger charge is -2.34. The molecule has 0 saturated carbocycles. The zero-order chi connectivity index (χ0) is 15.6. The number of nitrogens with zero attached hydrogens (tertiary/aromatic N) is 1. The molecule has 2 saturated heterocycles. The smallest absolute Gasteiger partial charge is 0.385 e. The fourth-order valence-electron chi connectivity index (χ4n) is 2.87. The van der Waals surface area contributed by atoms with Crippen molar-refractivity contribution in [2.24, 2.45) is 5.92 Å². The van der Waals surface area contributed by atoms with Gasteiger partial charge in [0.1, 0.15) is 0 Å². The van der Waals surface area contributed by atoms with E-state index < -0.39 is 40.5 Å². The van der Waals surface area contributed by atoms with Crippen molar-refractivity contribution in [1.29, 1.82) is 0 Å². The van der Waals surface area contributed by atoms with E-state index in [0.29, 0.717) is 0 Å². The van der Waals surface area contributed by atoms with Crippen LogP contribution in [0.4, 0.5) is 0 Å². The van der Waals surface area contributed by atoms with Gasteiger partial charge in [0.25, 0.3) is 0 Å². The number of esters is 1. The third-order valence-electron chi connectivity index (χ3n) is 3.87. The second kappa shape index (κ2) is 5.90. The number of ether oxygens (including phenoxy) is 3. The first-order valence-corrected chi connectivity index (χ1v) is 6.69. The molecule has 8 nitrogen and oxygen atoms in total. The molecule has 21 heavy (non-hydrogen) atoms. The van der Waals surface area contributed by atoms with Gasteiger partial charge in [0, 0.05) is 17.8 Å². The summed E-state index contributed by atoms with van der Waals surface area (Å²) in [5.74, 6) is -2.30. The van der Waals surface area contributed by atoms with Crippen LogP contribution >= 0.6 is 0 Å². The van der Waals surface area contributed by atoms with Gasteiger partial charge < -0.3 is 14.2 Å². The highest BCUT2D eigenvalue weighted by atomic mass is 16.7. The molecule has 0 aromatic carbocycles. The van der Waals surface area contributed by atoms with Crippen LogP contribution in [0.1, 0.15) is 19.8 Å². The lowest BCUT2D eigenvalue weighted by Crippen LogP contribution is -2.59. The zero-order valence-electron chi connectivity index (χ0n) is 11.6. The van der Waals surface area contributed by atoms with Crippen LogP contribution in [0.25, 0.3) is 0 Å². The van der Waals surface area contributed by atoms with E-state index in [4.69, 9.17) is 14.2 Å². The van der Waals surface area contributed by atoms with Crippen LogP contribution in [0.5, 0.6) is 0 Å². The van der Waals surface area contributed by atoms with Crippen LogP contribution in [0.3, 0.4) is 0 Å². The Kier molecular flexibility index (Phi) is 4.38. The summed E-state index contributed by atoms with van der Waals surface area (Å²) in [6.45, 7) is 5.10. The van der Waals surface area contributed by atoms with Gasteiger partial charge in [-0.05, 0) is 6.92 Å². The molecule has 8 heteroatoms. The topological polar surface area (TPSA) is 105 Å². The van der Waals surface area contributed by atoms with Gasteiger partial charge in [0.15, 0.2) is 5.78 Å². The minimum absolute atomic E-state index is 0.0108. The minimum Gasteiger partial charge on any atom is -0.461 e. The van der Waals surface area contributed by atoms with E-state index in [0.717, 1.165) is 0 Å². The van der Waals surface area contributed by atoms with Crippen molar-refractivity contribution in [2.75, 3.05) is 13.2 Å². The minimum atomic E-state index is -2.07. The lowest BCUT2D eigenvalue weighted by molar-refractivity contribution is -0.568. The Labute approximate surface area is 121 Å². The third kappa shape index (κ3) is 2.44. The van der Waals surface area contributed by atoms with Crippen molar-refractivity contribution in [3.8, 4) is 0 Å². The number of hydrogen-bond acceptors (Lipinski definition) is 7. The Morgan fingerprint density at radius 3 is 2.95 bits per heavy atom. The quantitative estimate of drug-likeness (QED) is 0.304. The van der Waals surface area contributed by atoms with Gasteiger partial charge >= 0.3 is 11.5 Å². The maximum atomic E-state index is 12.3. The number of Topliss-reactive ketones (excluding diaryl/α,β-unsaturated/α-hetero) is 1. The predicted octanol–water partition coefficient (Wildman–Crippen LogP) is 0.472. The highest BCUT2D eigenvalue weighted by Gasteiger charge is 2.64. The standard InChI is InChI=1S/C13H17NO7/c1-3-5-13(14(17)18,12(16)19-4-2)8-6-9(15)11-20-7-10(8)21-11/h3,8,10-11H,1,4-7H2,2H3/t8-,10-,11-,13?/m0/s1. The lowest BCUT2D eigenvalue weighted by atomic mass is 9.74. The normalized spacial score (nSPS) is 30.5. The molecule has 0 aromatic rings. The SMILES string of the molecule is C=CCC(C(=O)OCC)([C@H]1CC(=O)[C@H]2OC[C@@H]1O2)[N+](=O)[O-]. The highest BCUT2D eigenvalue weighted by molar-refractivity contribution is 5.86. The Bertz CT molecular complexity index is 477. The summed E-state index contributed by atoms with van der Waals surface area (Å²) in [6.07, 6.45) is -0.750. The van der Waals surface area contributed by atoms with E-state index >= 15 is 0 Å². The van der Waals surface area contributed by atoms with Gasteiger partial charge in [-0.15, -0.1) is 6.58 Å². The van der Waals surface area contributed by atoms with Gasteiger partial charge in [0.2, 0.25) is 6.29 Å². The van der Waals surface area contributed by atoms with Gasteiger partial charge in [-0.1, -0.05) is 6.08 Å². The van der Waals surface area contributed by atoms with Crippen molar-refractivity contribution in [1.82, 2.24) is 0 Å². The summed E-state index contributed by atoms with van der Waals surface area (Å²) in [6, 6.07) is 0. The Hall–Kier alpha value is -1.80. The predicted molar refractivity (Wildman–Crippen MR) is 68.9 cm³/mol. The fourth-order valence-corrected chi connectivity index (χ4v) is 2.87. The summed E-state index contributed by atoms with van der Waals surface area (Å²) in [7, 11) is 0. The molecule has 4 atom stereocenters. The fraction of sp³-hybridized carbons (Fsp3) is 0.692. The van der Waals surface area contributed by atoms with Crippen LogP contribution in [0.2, 0.25) is 0 Å². The average molecular weight is 299 g/mol. The number of ketones is 1. The van der Waals surface area contributed by atoms with Gasteiger partial charge in [-0.25, -0.2) is 4.79 Å². The molecule has 2 aliphatic rings. The van der Waals surface area contributed by atoms with Gasteiger partial charge in [0.05, 0.1) is 25.2 Å². The van der Waals surface area contributed by atoms with Crippen LogP contribution in [-0.2, 0) is 23.8 Å². The number of nitro groups is 1. The van der Waals surface area contributed by atoms with Crippen LogP contribution in [-0.4, -0.2) is 47.8 Å². The van der Waals surface area contributed by atoms with Gasteiger partial charge in [-0.3, -0.25) is 14.9 Å². The Balaban J connectivity index is 2.42. The Morgan fingerprint density at radius 1 is 1.67 bits per heavy atom. The second-order valence-corrected chi connectivity index (χ2v) is 5.01. The molecule has 0 amide bonds. The van der Waals surface area contributed by atoms with Crippen molar-refractivity contribution in [3.63, 3.8) is 0 Å². The van der Waals surface area contributed by atoms with E-state index in [1.165, 1.54) is 6.08 Å². The Morgan fingerprint density at radius 2 is 2.38 bits per heavy atom. The number of carbonyl (C=O) groups is 2. The number of carbonyl (C=O) groups excluding carboxylic acids is 2. The molecular weight excluding hydrogens is 282 g/mol. The summed E-state index contributed by atoms with van der Waals surface area (Å²) in [5, 5.41) is 11.7. The molecule has 0 spiro atoms. The number of rotatable bonds is 6. The molecule has 2 bridgehead atoms. The van der Waals surface area contributed by atoms with E-state index in [2.05, 4.69) is 6.58 Å². The number of hydrogen-bond donors (Lipinski definition) is 0. The van der Waals surface area contributed by atoms with Crippen molar-refractivity contribution in [2.45, 2.75) is 37.7 Å². The molecule has 2 rings (SSSR count). The van der Waals surface area contributed by atoms with Crippen LogP contribution in [0, 0.1) is 16.0 Å². The zero-order valence-corrected chi connectivity index (χ0v) is 11.6. The molecule has 0 N–H and O–H groups in total. The monoisotopic (exact) mass is 299 g/mol. The first-order chi connectivity index (χ1) is 9.97. The van der Waals surface area contributed by atoms with Gasteiger partial charge in [-0.2, -0.15) is 0 Å². The molecule has 1 unspecified atom stereocenters. The maximum Gasteiger partial charge on any atom is 0.385 e. The molecular formula is C13H17NO7. The highest BCUT2D eigenvalue weighted by Crippen LogP contribution is 2.40. The molecule has 0 aliphatic carbocycles. The summed E-state index contributed by atoms with van der Waals surface area (Å²) < 4.78 is 15.4. The van der Waals surface area contributed by atoms with Crippen molar-refractivity contribution < 1.29 is 28.7 Å². The van der Waals surface area contributed by atoms with Crippen molar-refractivity contribution in [3.05, 3.63) is 22.8 Å². The number of fused-ring (bicyclic) bond motifs is 2. The molecule has 0 aromatic heterocycles. The molecule has 0 radical (unpaired) electrons.